The molecule has 0 aromatic carbocycles. The number of hydrogen-bond donors (Lipinski definition) is 1. The Morgan fingerprint density at radius 3 is 2.30 bits per heavy atom. The van der Waals surface area contributed by atoms with Gasteiger partial charge in [-0.25, -0.2) is 0 Å². The summed E-state index contributed by atoms with van der Waals surface area (Å²) in [5.74, 6) is -0.258. The average Bonchev–Trinajstić information content (AvgIpc) is 2.25. The molecule has 1 aliphatic rings. The normalized spacial score (nSPS) is 20.8. The van der Waals surface area contributed by atoms with Crippen LogP contribution in [0.4, 0.5) is 0 Å². The lowest BCUT2D eigenvalue weighted by Crippen LogP contribution is -2.42. The topological polar surface area (TPSA) is 66.7 Å². The van der Waals surface area contributed by atoms with Gasteiger partial charge in [-0.2, -0.15) is 0 Å². The van der Waals surface area contributed by atoms with Crippen molar-refractivity contribution < 1.29 is 14.7 Å². The molecular formula is C16H27NO3. The van der Waals surface area contributed by atoms with Gasteiger partial charge in [0.2, 0.25) is 0 Å². The van der Waals surface area contributed by atoms with E-state index in [1.54, 1.807) is 0 Å². The van der Waals surface area contributed by atoms with Crippen LogP contribution in [0.15, 0.2) is 4.99 Å². The fraction of sp³-hybridized carbons (Fsp3) is 0.812. The summed E-state index contributed by atoms with van der Waals surface area (Å²) in [6, 6.07) is 0. The average molecular weight is 281 g/mol. The summed E-state index contributed by atoms with van der Waals surface area (Å²) in [4.78, 5) is 29.1. The zero-order valence-electron chi connectivity index (χ0n) is 13.1. The second-order valence-electron chi connectivity index (χ2n) is 6.93. The maximum atomic E-state index is 12.3. The summed E-state index contributed by atoms with van der Waals surface area (Å²) in [5.41, 5.74) is 0.498. The third-order valence-electron chi connectivity index (χ3n) is 3.53. The maximum Gasteiger partial charge on any atom is 0.149 e. The highest BCUT2D eigenvalue weighted by molar-refractivity contribution is 6.22. The first-order chi connectivity index (χ1) is 9.26. The van der Waals surface area contributed by atoms with Gasteiger partial charge in [-0.1, -0.05) is 27.7 Å². The molecule has 1 aliphatic carbocycles. The van der Waals surface area contributed by atoms with Crippen LogP contribution in [-0.2, 0) is 9.59 Å². The molecule has 0 aromatic rings. The first-order valence-electron chi connectivity index (χ1n) is 7.46. The van der Waals surface area contributed by atoms with E-state index in [1.165, 1.54) is 0 Å². The summed E-state index contributed by atoms with van der Waals surface area (Å²) in [7, 11) is 0. The second-order valence-corrected chi connectivity index (χ2v) is 6.93. The van der Waals surface area contributed by atoms with E-state index in [4.69, 9.17) is 5.11 Å². The van der Waals surface area contributed by atoms with Crippen molar-refractivity contribution in [2.45, 2.75) is 53.4 Å². The Morgan fingerprint density at radius 1 is 1.30 bits per heavy atom. The van der Waals surface area contributed by atoms with Crippen molar-refractivity contribution in [2.24, 2.45) is 22.2 Å². The summed E-state index contributed by atoms with van der Waals surface area (Å²) < 4.78 is 0. The third-order valence-corrected chi connectivity index (χ3v) is 3.53. The van der Waals surface area contributed by atoms with Crippen LogP contribution in [-0.4, -0.2) is 35.5 Å². The Balaban J connectivity index is 2.92. The van der Waals surface area contributed by atoms with Crippen LogP contribution in [0.3, 0.4) is 0 Å². The molecule has 20 heavy (non-hydrogen) atoms. The molecule has 0 radical (unpaired) electrons. The molecule has 4 heteroatoms. The predicted molar refractivity (Wildman–Crippen MR) is 80.0 cm³/mol. The summed E-state index contributed by atoms with van der Waals surface area (Å²) in [5, 5.41) is 8.84. The first kappa shape index (κ1) is 17.0. The molecule has 0 spiro atoms. The first-order valence-corrected chi connectivity index (χ1v) is 7.46. The summed E-state index contributed by atoms with van der Waals surface area (Å²) in [6.07, 6.45) is 2.14. The van der Waals surface area contributed by atoms with Gasteiger partial charge in [-0.3, -0.25) is 14.6 Å². The van der Waals surface area contributed by atoms with Gasteiger partial charge in [0.25, 0.3) is 0 Å². The Bertz CT molecular complexity index is 377. The van der Waals surface area contributed by atoms with Crippen molar-refractivity contribution in [3.05, 3.63) is 0 Å². The number of hydrogen-bond acceptors (Lipinski definition) is 4. The van der Waals surface area contributed by atoms with E-state index in [0.29, 0.717) is 38.1 Å². The molecule has 0 bridgehead atoms. The van der Waals surface area contributed by atoms with Crippen LogP contribution in [0.1, 0.15) is 53.4 Å². The van der Waals surface area contributed by atoms with Crippen LogP contribution < -0.4 is 0 Å². The lowest BCUT2D eigenvalue weighted by atomic mass is 9.69. The molecule has 1 fully saturated rings. The van der Waals surface area contributed by atoms with Gasteiger partial charge in [0.1, 0.15) is 17.5 Å². The van der Waals surface area contributed by atoms with E-state index in [-0.39, 0.29) is 23.6 Å². The minimum Gasteiger partial charge on any atom is -0.396 e. The zero-order chi connectivity index (χ0) is 15.3. The van der Waals surface area contributed by atoms with Crippen molar-refractivity contribution in [1.82, 2.24) is 0 Å². The number of carbonyl (C=O) groups is 2. The number of aliphatic hydroxyl groups excluding tert-OH is 1. The minimum absolute atomic E-state index is 0.00893. The molecule has 0 heterocycles. The van der Waals surface area contributed by atoms with Gasteiger partial charge in [-0.05, 0) is 24.2 Å². The van der Waals surface area contributed by atoms with Crippen molar-refractivity contribution in [3.8, 4) is 0 Å². The highest BCUT2D eigenvalue weighted by Crippen LogP contribution is 2.35. The Morgan fingerprint density at radius 2 is 1.85 bits per heavy atom. The van der Waals surface area contributed by atoms with Crippen LogP contribution >= 0.6 is 0 Å². The Hall–Kier alpha value is -1.03. The number of carbonyl (C=O) groups excluding carboxylic acids is 2. The number of aliphatic hydroxyl groups is 1. The fourth-order valence-electron chi connectivity index (χ4n) is 2.75. The maximum absolute atomic E-state index is 12.3. The monoisotopic (exact) mass is 281 g/mol. The molecule has 114 valence electrons. The Labute approximate surface area is 121 Å². The van der Waals surface area contributed by atoms with E-state index < -0.39 is 5.92 Å². The summed E-state index contributed by atoms with van der Waals surface area (Å²) in [6.45, 7) is 8.61. The molecule has 4 nitrogen and oxygen atoms in total. The van der Waals surface area contributed by atoms with Gasteiger partial charge in [0.05, 0.1) is 0 Å². The Kier molecular flexibility index (Phi) is 6.06. The summed E-state index contributed by atoms with van der Waals surface area (Å²) >= 11 is 0. The second kappa shape index (κ2) is 7.11. The molecule has 0 aromatic heterocycles. The quantitative estimate of drug-likeness (QED) is 0.462. The molecule has 0 amide bonds. The van der Waals surface area contributed by atoms with Crippen molar-refractivity contribution in [1.29, 1.82) is 0 Å². The van der Waals surface area contributed by atoms with E-state index in [0.717, 1.165) is 5.71 Å². The zero-order valence-corrected chi connectivity index (χ0v) is 13.1. The molecule has 1 N–H and O–H groups in total. The van der Waals surface area contributed by atoms with E-state index >= 15 is 0 Å². The van der Waals surface area contributed by atoms with Gasteiger partial charge < -0.3 is 5.11 Å². The number of Topliss-reactive ketones (excluding diaryl/α,β-unsaturated/α-hetero) is 2. The number of nitrogens with zero attached hydrogens (tertiary/aromatic N) is 1. The van der Waals surface area contributed by atoms with Crippen molar-refractivity contribution in [2.75, 3.05) is 13.2 Å². The molecular weight excluding hydrogens is 254 g/mol. The number of rotatable bonds is 6. The smallest absolute Gasteiger partial charge is 0.149 e. The third kappa shape index (κ3) is 4.82. The van der Waals surface area contributed by atoms with Gasteiger partial charge >= 0.3 is 0 Å². The minimum atomic E-state index is -0.635. The van der Waals surface area contributed by atoms with Crippen molar-refractivity contribution >= 4 is 17.3 Å². The lowest BCUT2D eigenvalue weighted by molar-refractivity contribution is -0.136. The molecule has 0 unspecified atom stereocenters. The van der Waals surface area contributed by atoms with Crippen molar-refractivity contribution in [3.63, 3.8) is 0 Å². The van der Waals surface area contributed by atoms with Gasteiger partial charge in [0.15, 0.2) is 0 Å². The van der Waals surface area contributed by atoms with E-state index in [9.17, 15) is 9.59 Å². The fourth-order valence-corrected chi connectivity index (χ4v) is 2.75. The number of aliphatic imine (C=N–C) groups is 1. The van der Waals surface area contributed by atoms with Gasteiger partial charge in [0, 0.05) is 31.7 Å². The van der Waals surface area contributed by atoms with Crippen LogP contribution in [0.5, 0.6) is 0 Å². The van der Waals surface area contributed by atoms with Crippen LogP contribution in [0.2, 0.25) is 0 Å². The lowest BCUT2D eigenvalue weighted by Gasteiger charge is -2.33. The number of ketones is 2. The predicted octanol–water partition coefficient (Wildman–Crippen LogP) is 2.43. The van der Waals surface area contributed by atoms with Crippen LogP contribution in [0, 0.1) is 17.3 Å². The van der Waals surface area contributed by atoms with E-state index in [1.807, 2.05) is 13.8 Å². The highest BCUT2D eigenvalue weighted by Gasteiger charge is 2.41. The highest BCUT2D eigenvalue weighted by atomic mass is 16.3. The molecule has 0 saturated heterocycles. The van der Waals surface area contributed by atoms with Gasteiger partial charge in [-0.15, -0.1) is 0 Å². The van der Waals surface area contributed by atoms with Crippen LogP contribution in [0.25, 0.3) is 0 Å². The molecule has 0 atom stereocenters. The molecule has 0 aliphatic heterocycles. The SMILES string of the molecule is CC(C)CC(=NCCCO)C1C(=O)CC(C)(C)CC1=O. The largest absolute Gasteiger partial charge is 0.396 e. The molecule has 1 saturated carbocycles. The standard InChI is InChI=1S/C16H27NO3/c1-11(2)8-12(17-6-5-7-18)15-13(19)9-16(3,4)10-14(15)20/h11,15,18H,5-10H2,1-4H3. The molecule has 1 rings (SSSR count). The van der Waals surface area contributed by atoms with E-state index in [2.05, 4.69) is 18.8 Å².